The van der Waals surface area contributed by atoms with Gasteiger partial charge < -0.3 is 9.40 Å². The lowest BCUT2D eigenvalue weighted by Crippen LogP contribution is -2.02. The number of H-pyrrole nitrogens is 1. The average Bonchev–Trinajstić information content (AvgIpc) is 3.48. The van der Waals surface area contributed by atoms with Crippen molar-refractivity contribution in [3.8, 4) is 22.7 Å². The monoisotopic (exact) mass is 393 g/mol. The molecule has 5 aromatic rings. The molecule has 0 aliphatic carbocycles. The van der Waals surface area contributed by atoms with E-state index < -0.39 is 12.3 Å². The van der Waals surface area contributed by atoms with Crippen molar-refractivity contribution in [3.63, 3.8) is 0 Å². The molecule has 10 heteroatoms. The second-order valence-corrected chi connectivity index (χ2v) is 6.37. The first-order chi connectivity index (χ1) is 14.2. The third kappa shape index (κ3) is 3.35. The number of halogens is 2. The molecule has 1 N–H and O–H groups in total. The van der Waals surface area contributed by atoms with E-state index in [1.807, 2.05) is 36.7 Å². The smallest absolute Gasteiger partial charge is 0.314 e. The number of nitrogens with zero attached hydrogens (tertiary/aromatic N) is 6. The highest BCUT2D eigenvalue weighted by molar-refractivity contribution is 5.84. The molecule has 0 amide bonds. The average molecular weight is 393 g/mol. The van der Waals surface area contributed by atoms with Crippen molar-refractivity contribution in [3.05, 3.63) is 66.6 Å². The van der Waals surface area contributed by atoms with Gasteiger partial charge in [0.25, 0.3) is 5.89 Å². The molecule has 0 atom stereocenters. The molecule has 0 spiro atoms. The molecule has 4 aromatic heterocycles. The van der Waals surface area contributed by atoms with E-state index in [-0.39, 0.29) is 5.89 Å². The summed E-state index contributed by atoms with van der Waals surface area (Å²) in [5.74, 6) is -0.709. The van der Waals surface area contributed by atoms with Gasteiger partial charge in [0.15, 0.2) is 0 Å². The molecule has 0 saturated carbocycles. The number of fused-ring (bicyclic) bond motifs is 1. The van der Waals surface area contributed by atoms with Crippen LogP contribution in [0, 0.1) is 0 Å². The quantitative estimate of drug-likeness (QED) is 0.487. The Morgan fingerprint density at radius 1 is 1.03 bits per heavy atom. The number of pyridine rings is 1. The van der Waals surface area contributed by atoms with Crippen molar-refractivity contribution in [1.29, 1.82) is 0 Å². The highest BCUT2D eigenvalue weighted by Crippen LogP contribution is 2.24. The Balaban J connectivity index is 1.32. The summed E-state index contributed by atoms with van der Waals surface area (Å²) in [6.07, 6.45) is 2.43. The van der Waals surface area contributed by atoms with Crippen molar-refractivity contribution in [2.45, 2.75) is 13.0 Å². The highest BCUT2D eigenvalue weighted by Gasteiger charge is 2.17. The van der Waals surface area contributed by atoms with Gasteiger partial charge in [0, 0.05) is 28.9 Å². The van der Waals surface area contributed by atoms with Gasteiger partial charge in [-0.25, -0.2) is 4.68 Å². The lowest BCUT2D eigenvalue weighted by molar-refractivity contribution is 0.116. The first-order valence-electron chi connectivity index (χ1n) is 8.70. The Kier molecular flexibility index (Phi) is 4.08. The molecular weight excluding hydrogens is 380 g/mol. The zero-order valence-corrected chi connectivity index (χ0v) is 14.8. The first-order valence-corrected chi connectivity index (χ1v) is 8.70. The first kappa shape index (κ1) is 17.2. The molecule has 8 nitrogen and oxygen atoms in total. The van der Waals surface area contributed by atoms with Crippen molar-refractivity contribution in [1.82, 2.24) is 35.2 Å². The number of hydrogen-bond donors (Lipinski definition) is 1. The molecule has 5 rings (SSSR count). The molecule has 0 saturated heterocycles. The Morgan fingerprint density at radius 3 is 2.72 bits per heavy atom. The maximum atomic E-state index is 12.6. The van der Waals surface area contributed by atoms with Crippen molar-refractivity contribution in [2.75, 3.05) is 0 Å². The van der Waals surface area contributed by atoms with E-state index >= 15 is 0 Å². The molecule has 0 radical (unpaired) electrons. The van der Waals surface area contributed by atoms with Gasteiger partial charge in [-0.3, -0.25) is 4.98 Å². The van der Waals surface area contributed by atoms with Crippen LogP contribution in [0.5, 0.6) is 0 Å². The van der Waals surface area contributed by atoms with E-state index in [1.54, 1.807) is 16.8 Å². The normalized spacial score (nSPS) is 11.6. The zero-order chi connectivity index (χ0) is 19.8. The van der Waals surface area contributed by atoms with Crippen molar-refractivity contribution < 1.29 is 13.2 Å². The summed E-state index contributed by atoms with van der Waals surface area (Å²) in [4.78, 5) is 7.47. The van der Waals surface area contributed by atoms with Crippen LogP contribution >= 0.6 is 0 Å². The Bertz CT molecular complexity index is 1270. The van der Waals surface area contributed by atoms with E-state index in [9.17, 15) is 8.78 Å². The molecule has 29 heavy (non-hydrogen) atoms. The fraction of sp³-hybridized carbons (Fsp3) is 0.105. The third-order valence-electron chi connectivity index (χ3n) is 4.41. The van der Waals surface area contributed by atoms with Crippen LogP contribution in [0.15, 0.2) is 59.4 Å². The van der Waals surface area contributed by atoms with Gasteiger partial charge in [0.2, 0.25) is 5.89 Å². The molecule has 0 aliphatic rings. The van der Waals surface area contributed by atoms with E-state index in [0.29, 0.717) is 12.1 Å². The minimum absolute atomic E-state index is 0.00235. The Morgan fingerprint density at radius 2 is 1.93 bits per heavy atom. The Hall–Kier alpha value is -3.95. The van der Waals surface area contributed by atoms with Crippen LogP contribution in [-0.2, 0) is 6.54 Å². The summed E-state index contributed by atoms with van der Waals surface area (Å²) in [7, 11) is 0. The second-order valence-electron chi connectivity index (χ2n) is 6.37. The summed E-state index contributed by atoms with van der Waals surface area (Å²) >= 11 is 0. The largest absolute Gasteiger partial charge is 0.415 e. The van der Waals surface area contributed by atoms with Crippen molar-refractivity contribution in [2.24, 2.45) is 0 Å². The molecule has 144 valence electrons. The second kappa shape index (κ2) is 6.89. The Labute approximate surface area is 162 Å². The topological polar surface area (TPSA) is 98.3 Å². The number of alkyl halides is 2. The fourth-order valence-electron chi connectivity index (χ4n) is 2.97. The van der Waals surface area contributed by atoms with Gasteiger partial charge in [-0.15, -0.1) is 15.3 Å². The van der Waals surface area contributed by atoms with Crippen molar-refractivity contribution >= 4 is 10.9 Å². The molecule has 0 unspecified atom stereocenters. The summed E-state index contributed by atoms with van der Waals surface area (Å²) in [5.41, 5.74) is 3.98. The van der Waals surface area contributed by atoms with Gasteiger partial charge in [-0.05, 0) is 30.3 Å². The van der Waals surface area contributed by atoms with Gasteiger partial charge in [0.1, 0.15) is 5.69 Å². The summed E-state index contributed by atoms with van der Waals surface area (Å²) in [5, 5.41) is 16.4. The number of hydrogen-bond acceptors (Lipinski definition) is 6. The van der Waals surface area contributed by atoms with Crippen LogP contribution in [-0.4, -0.2) is 35.2 Å². The van der Waals surface area contributed by atoms with E-state index in [2.05, 4.69) is 30.5 Å². The van der Waals surface area contributed by atoms with Gasteiger partial charge in [0.05, 0.1) is 24.0 Å². The number of benzene rings is 1. The van der Waals surface area contributed by atoms with Gasteiger partial charge >= 0.3 is 6.43 Å². The van der Waals surface area contributed by atoms with Crippen LogP contribution in [0.2, 0.25) is 0 Å². The fourth-order valence-corrected chi connectivity index (χ4v) is 2.97. The zero-order valence-electron chi connectivity index (χ0n) is 14.8. The van der Waals surface area contributed by atoms with Crippen LogP contribution < -0.4 is 0 Å². The van der Waals surface area contributed by atoms with E-state index in [4.69, 9.17) is 4.42 Å². The lowest BCUT2D eigenvalue weighted by atomic mass is 10.1. The predicted molar refractivity (Wildman–Crippen MR) is 98.9 cm³/mol. The minimum Gasteiger partial charge on any atom is -0.415 e. The minimum atomic E-state index is -2.80. The standard InChI is InChI=1S/C19H13F2N7O/c20-17(21)19-26-25-18(29-19)13-1-3-14(23-8-13)9-28-10-16(24-27-28)11-2-4-15-12(7-11)5-6-22-15/h1-8,10,17,22H,9H2. The number of aromatic amines is 1. The maximum absolute atomic E-state index is 12.6. The molecule has 4 heterocycles. The third-order valence-corrected chi connectivity index (χ3v) is 4.41. The number of rotatable bonds is 5. The maximum Gasteiger partial charge on any atom is 0.314 e. The van der Waals surface area contributed by atoms with Gasteiger partial charge in [-0.1, -0.05) is 11.3 Å². The highest BCUT2D eigenvalue weighted by atomic mass is 19.3. The molecular formula is C19H13F2N7O. The molecule has 0 bridgehead atoms. The summed E-state index contributed by atoms with van der Waals surface area (Å²) in [6.45, 7) is 0.409. The molecule has 1 aromatic carbocycles. The van der Waals surface area contributed by atoms with E-state index in [1.165, 1.54) is 6.20 Å². The summed E-state index contributed by atoms with van der Waals surface area (Å²) < 4.78 is 31.7. The number of nitrogens with one attached hydrogen (secondary N) is 1. The van der Waals surface area contributed by atoms with Crippen LogP contribution in [0.4, 0.5) is 8.78 Å². The predicted octanol–water partition coefficient (Wildman–Crippen LogP) is 3.86. The van der Waals surface area contributed by atoms with E-state index in [0.717, 1.165) is 27.9 Å². The lowest BCUT2D eigenvalue weighted by Gasteiger charge is -2.01. The van der Waals surface area contributed by atoms with Crippen LogP contribution in [0.3, 0.4) is 0 Å². The molecule has 0 aliphatic heterocycles. The van der Waals surface area contributed by atoms with Crippen LogP contribution in [0.25, 0.3) is 33.6 Å². The van der Waals surface area contributed by atoms with Gasteiger partial charge in [-0.2, -0.15) is 8.78 Å². The summed E-state index contributed by atoms with van der Waals surface area (Å²) in [6, 6.07) is 11.5. The van der Waals surface area contributed by atoms with Crippen LogP contribution in [0.1, 0.15) is 18.0 Å². The SMILES string of the molecule is FC(F)c1nnc(-c2ccc(Cn3cc(-c4ccc5[nH]ccc5c4)nn3)nc2)o1. The number of aromatic nitrogens is 7. The molecule has 0 fully saturated rings.